The largest absolute Gasteiger partial charge is 0.326 e. The van der Waals surface area contributed by atoms with Gasteiger partial charge in [-0.2, -0.15) is 0 Å². The lowest BCUT2D eigenvalue weighted by Crippen LogP contribution is -2.06. The summed E-state index contributed by atoms with van der Waals surface area (Å²) in [5.41, 5.74) is 8.68. The molecule has 1 aliphatic rings. The fourth-order valence-corrected chi connectivity index (χ4v) is 2.29. The molecule has 1 saturated carbocycles. The van der Waals surface area contributed by atoms with E-state index in [9.17, 15) is 0 Å². The smallest absolute Gasteiger partial charge is 0.160 e. The van der Waals surface area contributed by atoms with Crippen LogP contribution in [0.4, 0.5) is 0 Å². The van der Waals surface area contributed by atoms with Crippen LogP contribution in [-0.4, -0.2) is 14.5 Å². The van der Waals surface area contributed by atoms with Crippen LogP contribution in [0.2, 0.25) is 0 Å². The Hall–Kier alpha value is -1.42. The lowest BCUT2D eigenvalue weighted by molar-refractivity contribution is 0.581. The molecule has 4 nitrogen and oxygen atoms in total. The number of imidazole rings is 1. The van der Waals surface area contributed by atoms with Gasteiger partial charge in [-0.25, -0.2) is 9.97 Å². The molecule has 1 aliphatic carbocycles. The molecular formula is C13H18N4. The van der Waals surface area contributed by atoms with Gasteiger partial charge in [-0.15, -0.1) is 0 Å². The zero-order valence-corrected chi connectivity index (χ0v) is 10.3. The maximum atomic E-state index is 5.64. The number of aromatic nitrogens is 3. The molecule has 2 N–H and O–H groups in total. The van der Waals surface area contributed by atoms with Gasteiger partial charge < -0.3 is 10.3 Å². The Morgan fingerprint density at radius 2 is 2.24 bits per heavy atom. The van der Waals surface area contributed by atoms with Crippen LogP contribution in [0.1, 0.15) is 50.0 Å². The van der Waals surface area contributed by atoms with E-state index in [0.717, 1.165) is 16.7 Å². The minimum absolute atomic E-state index is 0.409. The van der Waals surface area contributed by atoms with Crippen LogP contribution in [-0.2, 0) is 6.54 Å². The Morgan fingerprint density at radius 1 is 1.47 bits per heavy atom. The van der Waals surface area contributed by atoms with Gasteiger partial charge in [0, 0.05) is 24.7 Å². The molecule has 4 heteroatoms. The summed E-state index contributed by atoms with van der Waals surface area (Å²) in [6.07, 6.45) is 4.39. The van der Waals surface area contributed by atoms with Gasteiger partial charge in [0.1, 0.15) is 11.3 Å². The summed E-state index contributed by atoms with van der Waals surface area (Å²) in [7, 11) is 0. The Morgan fingerprint density at radius 3 is 2.82 bits per heavy atom. The third kappa shape index (κ3) is 1.72. The number of pyridine rings is 1. The third-order valence-corrected chi connectivity index (χ3v) is 3.31. The summed E-state index contributed by atoms with van der Waals surface area (Å²) >= 11 is 0. The van der Waals surface area contributed by atoms with E-state index in [2.05, 4.69) is 29.5 Å². The van der Waals surface area contributed by atoms with E-state index < -0.39 is 0 Å². The van der Waals surface area contributed by atoms with Gasteiger partial charge in [0.15, 0.2) is 5.65 Å². The summed E-state index contributed by atoms with van der Waals surface area (Å²) in [5, 5.41) is 0. The van der Waals surface area contributed by atoms with E-state index in [1.807, 2.05) is 6.20 Å². The minimum Gasteiger partial charge on any atom is -0.326 e. The fourth-order valence-electron chi connectivity index (χ4n) is 2.29. The van der Waals surface area contributed by atoms with Gasteiger partial charge in [-0.1, -0.05) is 0 Å². The first kappa shape index (κ1) is 10.7. The fraction of sp³-hybridized carbons (Fsp3) is 0.538. The molecular weight excluding hydrogens is 212 g/mol. The van der Waals surface area contributed by atoms with Gasteiger partial charge in [0.05, 0.1) is 0 Å². The highest BCUT2D eigenvalue weighted by Gasteiger charge is 2.30. The number of nitrogens with two attached hydrogens (primary N) is 1. The second-order valence-electron chi connectivity index (χ2n) is 5.10. The average molecular weight is 230 g/mol. The number of fused-ring (bicyclic) bond motifs is 1. The molecule has 0 saturated heterocycles. The van der Waals surface area contributed by atoms with E-state index in [4.69, 9.17) is 10.7 Å². The summed E-state index contributed by atoms with van der Waals surface area (Å²) in [4.78, 5) is 9.27. The van der Waals surface area contributed by atoms with E-state index in [1.54, 1.807) is 0 Å². The molecule has 0 spiro atoms. The SMILES string of the molecule is CC(C)n1c(C2CC2)nc2cc(CN)cnc21. The normalized spacial score (nSPS) is 16.0. The molecule has 2 aromatic heterocycles. The first-order valence-electron chi connectivity index (χ1n) is 6.27. The predicted octanol–water partition coefficient (Wildman–Crippen LogP) is 2.35. The van der Waals surface area contributed by atoms with Crippen LogP contribution in [0.25, 0.3) is 11.2 Å². The van der Waals surface area contributed by atoms with Crippen molar-refractivity contribution in [1.82, 2.24) is 14.5 Å². The van der Waals surface area contributed by atoms with Crippen molar-refractivity contribution in [2.45, 2.75) is 45.2 Å². The van der Waals surface area contributed by atoms with E-state index in [-0.39, 0.29) is 0 Å². The van der Waals surface area contributed by atoms with E-state index >= 15 is 0 Å². The van der Waals surface area contributed by atoms with Gasteiger partial charge in [-0.3, -0.25) is 0 Å². The molecule has 0 atom stereocenters. The van der Waals surface area contributed by atoms with E-state index in [0.29, 0.717) is 18.5 Å². The lowest BCUT2D eigenvalue weighted by atomic mass is 10.2. The van der Waals surface area contributed by atoms with Crippen molar-refractivity contribution < 1.29 is 0 Å². The quantitative estimate of drug-likeness (QED) is 0.880. The highest BCUT2D eigenvalue weighted by molar-refractivity contribution is 5.72. The molecule has 3 rings (SSSR count). The minimum atomic E-state index is 0.409. The van der Waals surface area contributed by atoms with E-state index in [1.165, 1.54) is 18.7 Å². The Labute approximate surface area is 101 Å². The maximum absolute atomic E-state index is 5.64. The van der Waals surface area contributed by atoms with Crippen molar-refractivity contribution in [3.63, 3.8) is 0 Å². The highest BCUT2D eigenvalue weighted by atomic mass is 15.2. The molecule has 0 bridgehead atoms. The van der Waals surface area contributed by atoms with Crippen molar-refractivity contribution in [3.05, 3.63) is 23.7 Å². The molecule has 2 heterocycles. The predicted molar refractivity (Wildman–Crippen MR) is 67.8 cm³/mol. The Balaban J connectivity index is 2.22. The average Bonchev–Trinajstić information content (AvgIpc) is 3.08. The lowest BCUT2D eigenvalue weighted by Gasteiger charge is -2.11. The van der Waals surface area contributed by atoms with Crippen LogP contribution < -0.4 is 5.73 Å². The number of nitrogens with zero attached hydrogens (tertiary/aromatic N) is 3. The van der Waals surface area contributed by atoms with Crippen molar-refractivity contribution in [2.24, 2.45) is 5.73 Å². The first-order chi connectivity index (χ1) is 8.20. The highest BCUT2D eigenvalue weighted by Crippen LogP contribution is 2.41. The topological polar surface area (TPSA) is 56.7 Å². The zero-order valence-electron chi connectivity index (χ0n) is 10.3. The van der Waals surface area contributed by atoms with Gasteiger partial charge in [0.25, 0.3) is 0 Å². The molecule has 1 fully saturated rings. The molecule has 0 aromatic carbocycles. The van der Waals surface area contributed by atoms with Crippen molar-refractivity contribution in [2.75, 3.05) is 0 Å². The molecule has 17 heavy (non-hydrogen) atoms. The Bertz CT molecular complexity index is 552. The van der Waals surface area contributed by atoms with Crippen LogP contribution in [0, 0.1) is 0 Å². The standard InChI is InChI=1S/C13H18N4/c1-8(2)17-12(10-3-4-10)16-11-5-9(6-14)7-15-13(11)17/h5,7-8,10H,3-4,6,14H2,1-2H3. The van der Waals surface area contributed by atoms with Crippen molar-refractivity contribution in [1.29, 1.82) is 0 Å². The van der Waals surface area contributed by atoms with Gasteiger partial charge in [0.2, 0.25) is 0 Å². The van der Waals surface area contributed by atoms with Crippen LogP contribution in [0.15, 0.2) is 12.3 Å². The van der Waals surface area contributed by atoms with Crippen LogP contribution in [0.3, 0.4) is 0 Å². The zero-order chi connectivity index (χ0) is 12.0. The monoisotopic (exact) mass is 230 g/mol. The summed E-state index contributed by atoms with van der Waals surface area (Å²) in [6.45, 7) is 4.90. The summed E-state index contributed by atoms with van der Waals surface area (Å²) < 4.78 is 2.27. The van der Waals surface area contributed by atoms with Crippen LogP contribution in [0.5, 0.6) is 0 Å². The Kier molecular flexibility index (Phi) is 2.40. The molecule has 90 valence electrons. The maximum Gasteiger partial charge on any atom is 0.160 e. The summed E-state index contributed by atoms with van der Waals surface area (Å²) in [6, 6.07) is 2.47. The molecule has 0 aliphatic heterocycles. The summed E-state index contributed by atoms with van der Waals surface area (Å²) in [5.74, 6) is 1.85. The molecule has 0 radical (unpaired) electrons. The second-order valence-corrected chi connectivity index (χ2v) is 5.10. The second kappa shape index (κ2) is 3.81. The van der Waals surface area contributed by atoms with Crippen LogP contribution >= 0.6 is 0 Å². The van der Waals surface area contributed by atoms with Crippen molar-refractivity contribution in [3.8, 4) is 0 Å². The molecule has 0 unspecified atom stereocenters. The molecule has 2 aromatic rings. The number of rotatable bonds is 3. The number of hydrogen-bond donors (Lipinski definition) is 1. The third-order valence-electron chi connectivity index (χ3n) is 3.31. The first-order valence-corrected chi connectivity index (χ1v) is 6.27. The van der Waals surface area contributed by atoms with Gasteiger partial charge >= 0.3 is 0 Å². The number of hydrogen-bond acceptors (Lipinski definition) is 3. The van der Waals surface area contributed by atoms with Crippen molar-refractivity contribution >= 4 is 11.2 Å². The molecule has 0 amide bonds. The van der Waals surface area contributed by atoms with Gasteiger partial charge in [-0.05, 0) is 38.3 Å².